The van der Waals surface area contributed by atoms with Crippen LogP contribution in [0.5, 0.6) is 5.75 Å². The Bertz CT molecular complexity index is 1400. The molecule has 2 amide bonds. The fourth-order valence-corrected chi connectivity index (χ4v) is 5.56. The maximum Gasteiger partial charge on any atom is 0.235 e. The number of amides is 2. The highest BCUT2D eigenvalue weighted by molar-refractivity contribution is 6.13. The zero-order valence-electron chi connectivity index (χ0n) is 18.7. The number of imide groups is 1. The summed E-state index contributed by atoms with van der Waals surface area (Å²) >= 11 is 0. The van der Waals surface area contributed by atoms with Gasteiger partial charge in [0.15, 0.2) is 0 Å². The van der Waals surface area contributed by atoms with E-state index in [9.17, 15) is 9.59 Å². The van der Waals surface area contributed by atoms with Gasteiger partial charge in [0.25, 0.3) is 0 Å². The first kappa shape index (κ1) is 20.1. The number of aromatic amines is 1. The van der Waals surface area contributed by atoms with Crippen LogP contribution in [-0.2, 0) is 22.6 Å². The molecule has 33 heavy (non-hydrogen) atoms. The summed E-state index contributed by atoms with van der Waals surface area (Å²) in [5, 5.41) is 4.64. The molecule has 6 nitrogen and oxygen atoms in total. The number of ether oxygens (including phenoxy) is 1. The standard InChI is InChI=1S/C27H27N3O3/c1-2-3-12-33-17-9-10-18-20(14-28-22(18)13-17)23-24(27(32)29-26(23)31)21-15-30-11-5-7-16-6-4-8-19(21)25(16)30/h4,6,8-10,13-15,23-24,28H,2-3,5,7,11-12H2,1H3,(H,29,31,32)/t23-,24-/m0/s1. The molecule has 6 heteroatoms. The van der Waals surface area contributed by atoms with Gasteiger partial charge in [0.1, 0.15) is 5.75 Å². The summed E-state index contributed by atoms with van der Waals surface area (Å²) < 4.78 is 8.10. The third kappa shape index (κ3) is 3.16. The number of fused-ring (bicyclic) bond motifs is 1. The fraction of sp³-hybridized carbons (Fsp3) is 0.333. The lowest BCUT2D eigenvalue weighted by molar-refractivity contribution is -0.125. The van der Waals surface area contributed by atoms with Gasteiger partial charge in [-0.05, 0) is 48.1 Å². The summed E-state index contributed by atoms with van der Waals surface area (Å²) in [5.74, 6) is -0.763. The monoisotopic (exact) mass is 441 g/mol. The Balaban J connectivity index is 1.43. The van der Waals surface area contributed by atoms with Crippen molar-refractivity contribution in [3.63, 3.8) is 0 Å². The lowest BCUT2D eigenvalue weighted by Crippen LogP contribution is -2.21. The van der Waals surface area contributed by atoms with Crippen LogP contribution in [0.4, 0.5) is 0 Å². The second-order valence-corrected chi connectivity index (χ2v) is 9.16. The Kier molecular flexibility index (Phi) is 4.75. The molecule has 4 aromatic rings. The molecule has 2 N–H and O–H groups in total. The van der Waals surface area contributed by atoms with Crippen molar-refractivity contribution in [2.75, 3.05) is 6.61 Å². The molecule has 168 valence electrons. The molecule has 0 spiro atoms. The normalized spacial score (nSPS) is 20.0. The molecular formula is C27H27N3O3. The van der Waals surface area contributed by atoms with Gasteiger partial charge < -0.3 is 14.3 Å². The van der Waals surface area contributed by atoms with E-state index in [1.165, 1.54) is 11.1 Å². The van der Waals surface area contributed by atoms with Crippen LogP contribution in [0, 0.1) is 0 Å². The van der Waals surface area contributed by atoms with Crippen molar-refractivity contribution in [1.82, 2.24) is 14.9 Å². The minimum Gasteiger partial charge on any atom is -0.494 e. The number of H-pyrrole nitrogens is 1. The summed E-state index contributed by atoms with van der Waals surface area (Å²) in [6.07, 6.45) is 8.20. The summed E-state index contributed by atoms with van der Waals surface area (Å²) in [7, 11) is 0. The molecular weight excluding hydrogens is 414 g/mol. The van der Waals surface area contributed by atoms with Crippen LogP contribution >= 0.6 is 0 Å². The lowest BCUT2D eigenvalue weighted by Gasteiger charge is -2.15. The van der Waals surface area contributed by atoms with E-state index in [1.807, 2.05) is 24.4 Å². The molecule has 2 aliphatic rings. The molecule has 2 atom stereocenters. The molecule has 6 rings (SSSR count). The van der Waals surface area contributed by atoms with E-state index >= 15 is 0 Å². The number of hydrogen-bond acceptors (Lipinski definition) is 3. The maximum absolute atomic E-state index is 13.1. The summed E-state index contributed by atoms with van der Waals surface area (Å²) in [6, 6.07) is 12.2. The Morgan fingerprint density at radius 3 is 2.76 bits per heavy atom. The third-order valence-corrected chi connectivity index (χ3v) is 7.12. The van der Waals surface area contributed by atoms with Crippen molar-refractivity contribution in [3.8, 4) is 5.75 Å². The number of benzene rings is 2. The van der Waals surface area contributed by atoms with Crippen LogP contribution in [-0.4, -0.2) is 28.0 Å². The molecule has 2 aliphatic heterocycles. The van der Waals surface area contributed by atoms with E-state index in [2.05, 4.69) is 46.2 Å². The first-order valence-corrected chi connectivity index (χ1v) is 11.8. The number of rotatable bonds is 6. The van der Waals surface area contributed by atoms with Gasteiger partial charge in [-0.3, -0.25) is 14.9 Å². The number of aryl methyl sites for hydroxylation is 2. The van der Waals surface area contributed by atoms with Gasteiger partial charge in [0.2, 0.25) is 11.8 Å². The van der Waals surface area contributed by atoms with Gasteiger partial charge in [-0.25, -0.2) is 0 Å². The summed E-state index contributed by atoms with van der Waals surface area (Å²) in [6.45, 7) is 3.76. The van der Waals surface area contributed by atoms with Crippen molar-refractivity contribution in [2.45, 2.75) is 51.0 Å². The van der Waals surface area contributed by atoms with Crippen LogP contribution in [0.3, 0.4) is 0 Å². The molecule has 2 aromatic carbocycles. The van der Waals surface area contributed by atoms with Crippen molar-refractivity contribution in [3.05, 3.63) is 65.5 Å². The van der Waals surface area contributed by atoms with E-state index in [0.29, 0.717) is 6.61 Å². The van der Waals surface area contributed by atoms with E-state index < -0.39 is 11.8 Å². The smallest absolute Gasteiger partial charge is 0.235 e. The van der Waals surface area contributed by atoms with E-state index in [1.54, 1.807) is 0 Å². The quantitative estimate of drug-likeness (QED) is 0.334. The van der Waals surface area contributed by atoms with Gasteiger partial charge in [0.05, 0.1) is 24.0 Å². The molecule has 4 heterocycles. The van der Waals surface area contributed by atoms with E-state index in [0.717, 1.165) is 65.4 Å². The minimum absolute atomic E-state index is 0.220. The van der Waals surface area contributed by atoms with Gasteiger partial charge >= 0.3 is 0 Å². The minimum atomic E-state index is -0.568. The Morgan fingerprint density at radius 1 is 1.06 bits per heavy atom. The molecule has 0 bridgehead atoms. The number of unbranched alkanes of at least 4 members (excludes halogenated alkanes) is 1. The number of aromatic nitrogens is 2. The highest BCUT2D eigenvalue weighted by Gasteiger charge is 2.45. The van der Waals surface area contributed by atoms with Crippen molar-refractivity contribution < 1.29 is 14.3 Å². The Morgan fingerprint density at radius 2 is 1.91 bits per heavy atom. The first-order valence-electron chi connectivity index (χ1n) is 11.8. The number of carbonyl (C=O) groups excluding carboxylic acids is 2. The third-order valence-electron chi connectivity index (χ3n) is 7.12. The predicted molar refractivity (Wildman–Crippen MR) is 128 cm³/mol. The van der Waals surface area contributed by atoms with Crippen LogP contribution in [0.25, 0.3) is 21.8 Å². The Hall–Kier alpha value is -3.54. The molecule has 0 aliphatic carbocycles. The number of nitrogens with one attached hydrogen (secondary N) is 2. The zero-order chi connectivity index (χ0) is 22.5. The van der Waals surface area contributed by atoms with Crippen molar-refractivity contribution in [2.24, 2.45) is 0 Å². The van der Waals surface area contributed by atoms with Crippen molar-refractivity contribution in [1.29, 1.82) is 0 Å². The SMILES string of the molecule is CCCCOc1ccc2c([C@@H]3C(=O)NC(=O)[C@H]3c3cn4c5c(cccc35)CCC4)c[nH]c2c1. The second kappa shape index (κ2) is 7.80. The molecule has 0 saturated carbocycles. The summed E-state index contributed by atoms with van der Waals surface area (Å²) in [5.41, 5.74) is 5.22. The first-order chi connectivity index (χ1) is 16.2. The van der Waals surface area contributed by atoms with Crippen molar-refractivity contribution >= 4 is 33.6 Å². The lowest BCUT2D eigenvalue weighted by atomic mass is 9.83. The van der Waals surface area contributed by atoms with Gasteiger partial charge in [-0.1, -0.05) is 31.5 Å². The van der Waals surface area contributed by atoms with Crippen LogP contribution < -0.4 is 10.1 Å². The number of hydrogen-bond donors (Lipinski definition) is 2. The molecule has 2 aromatic heterocycles. The number of carbonyl (C=O) groups is 2. The van der Waals surface area contributed by atoms with Crippen LogP contribution in [0.15, 0.2) is 48.8 Å². The Labute approximate surface area is 191 Å². The van der Waals surface area contributed by atoms with Gasteiger partial charge in [-0.15, -0.1) is 0 Å². The molecule has 0 unspecified atom stereocenters. The number of para-hydroxylation sites is 1. The van der Waals surface area contributed by atoms with Gasteiger partial charge in [-0.2, -0.15) is 0 Å². The van der Waals surface area contributed by atoms with E-state index in [4.69, 9.17) is 4.74 Å². The zero-order valence-corrected chi connectivity index (χ0v) is 18.7. The molecule has 1 saturated heterocycles. The van der Waals surface area contributed by atoms with E-state index in [-0.39, 0.29) is 11.8 Å². The molecule has 1 fully saturated rings. The average molecular weight is 442 g/mol. The molecule has 0 radical (unpaired) electrons. The van der Waals surface area contributed by atoms with Crippen LogP contribution in [0.1, 0.15) is 54.7 Å². The fourth-order valence-electron chi connectivity index (χ4n) is 5.56. The average Bonchev–Trinajstić information content (AvgIpc) is 3.48. The topological polar surface area (TPSA) is 76.1 Å². The summed E-state index contributed by atoms with van der Waals surface area (Å²) in [4.78, 5) is 29.5. The number of nitrogens with zero attached hydrogens (tertiary/aromatic N) is 1. The highest BCUT2D eigenvalue weighted by atomic mass is 16.5. The largest absolute Gasteiger partial charge is 0.494 e. The van der Waals surface area contributed by atoms with Crippen LogP contribution in [0.2, 0.25) is 0 Å². The maximum atomic E-state index is 13.1. The highest BCUT2D eigenvalue weighted by Crippen LogP contribution is 2.44. The van der Waals surface area contributed by atoms with Gasteiger partial charge in [0, 0.05) is 41.3 Å². The predicted octanol–water partition coefficient (Wildman–Crippen LogP) is 4.77. The second-order valence-electron chi connectivity index (χ2n) is 9.16.